The number of imide groups is 1. The summed E-state index contributed by atoms with van der Waals surface area (Å²) in [6, 6.07) is 6.05. The molecule has 1 aromatic carbocycles. The number of halogens is 3. The Hall–Kier alpha value is -1.57. The number of methoxy groups -OCH3 is 1. The van der Waals surface area contributed by atoms with Gasteiger partial charge in [0, 0.05) is 7.05 Å². The van der Waals surface area contributed by atoms with E-state index >= 15 is 0 Å². The van der Waals surface area contributed by atoms with Gasteiger partial charge in [-0.25, -0.2) is 14.7 Å². The van der Waals surface area contributed by atoms with Crippen LogP contribution in [0, 0.1) is 0 Å². The molecule has 22 heavy (non-hydrogen) atoms. The van der Waals surface area contributed by atoms with Gasteiger partial charge in [0.05, 0.1) is 12.8 Å². The van der Waals surface area contributed by atoms with E-state index in [0.717, 1.165) is 9.80 Å². The first-order chi connectivity index (χ1) is 10.4. The molecule has 0 aliphatic carbocycles. The second-order valence-electron chi connectivity index (χ2n) is 4.17. The Kier molecular flexibility index (Phi) is 5.10. The van der Waals surface area contributed by atoms with E-state index < -0.39 is 11.9 Å². The quantitative estimate of drug-likeness (QED) is 0.570. The summed E-state index contributed by atoms with van der Waals surface area (Å²) in [6.07, 6.45) is 0. The number of rotatable bonds is 3. The topological polar surface area (TPSA) is 62.2 Å². The van der Waals surface area contributed by atoms with Crippen molar-refractivity contribution in [2.45, 2.75) is 0 Å². The van der Waals surface area contributed by atoms with Crippen LogP contribution in [-0.4, -0.2) is 36.8 Å². The summed E-state index contributed by atoms with van der Waals surface area (Å²) in [5, 5.41) is -0.133. The highest BCUT2D eigenvalue weighted by molar-refractivity contribution is 9.12. The van der Waals surface area contributed by atoms with Crippen molar-refractivity contribution in [3.8, 4) is 5.75 Å². The maximum atomic E-state index is 12.2. The zero-order chi connectivity index (χ0) is 16.4. The first-order valence-corrected chi connectivity index (χ1v) is 7.47. The predicted octanol–water partition coefficient (Wildman–Crippen LogP) is 3.49. The van der Waals surface area contributed by atoms with Gasteiger partial charge >= 0.3 is 6.03 Å². The molecule has 1 aliphatic heterocycles. The number of nitrogens with zero attached hydrogens (tertiary/aromatic N) is 3. The molecule has 0 unspecified atom stereocenters. The van der Waals surface area contributed by atoms with Crippen molar-refractivity contribution < 1.29 is 14.3 Å². The molecule has 116 valence electrons. The number of urea groups is 1. The van der Waals surface area contributed by atoms with Gasteiger partial charge < -0.3 is 4.74 Å². The molecule has 1 saturated heterocycles. The average molecular weight is 407 g/mol. The minimum atomic E-state index is -0.579. The van der Waals surface area contributed by atoms with Gasteiger partial charge in [-0.05, 0) is 40.2 Å². The largest absolute Gasteiger partial charge is 0.497 e. The lowest BCUT2D eigenvalue weighted by Gasteiger charge is -2.15. The number of anilines is 1. The van der Waals surface area contributed by atoms with E-state index in [1.165, 1.54) is 14.2 Å². The Bertz CT molecular complexity index is 684. The Morgan fingerprint density at radius 3 is 2.32 bits per heavy atom. The summed E-state index contributed by atoms with van der Waals surface area (Å²) in [5.41, 5.74) is 0.456. The summed E-state index contributed by atoms with van der Waals surface area (Å²) in [4.78, 5) is 30.4. The smallest absolute Gasteiger partial charge is 0.337 e. The van der Waals surface area contributed by atoms with Crippen molar-refractivity contribution in [1.29, 1.82) is 0 Å². The minimum absolute atomic E-state index is 0.0335. The third-order valence-electron chi connectivity index (χ3n) is 2.88. The van der Waals surface area contributed by atoms with Crippen LogP contribution < -0.4 is 9.64 Å². The van der Waals surface area contributed by atoms with Crippen LogP contribution in [0.15, 0.2) is 38.4 Å². The monoisotopic (exact) mass is 405 g/mol. The molecule has 6 nitrogen and oxygen atoms in total. The first-order valence-electron chi connectivity index (χ1n) is 5.92. The van der Waals surface area contributed by atoms with E-state index in [4.69, 9.17) is 27.9 Å². The van der Waals surface area contributed by atoms with Crippen molar-refractivity contribution in [3.05, 3.63) is 33.4 Å². The molecule has 0 N–H and O–H groups in total. The molecule has 1 fully saturated rings. The molecule has 1 aromatic rings. The maximum Gasteiger partial charge on any atom is 0.337 e. The molecule has 0 spiro atoms. The van der Waals surface area contributed by atoms with Gasteiger partial charge in [0.15, 0.2) is 5.16 Å². The molecule has 0 bridgehead atoms. The fraction of sp³-hybridized carbons (Fsp3) is 0.154. The van der Waals surface area contributed by atoms with Crippen molar-refractivity contribution in [2.75, 3.05) is 19.1 Å². The summed E-state index contributed by atoms with van der Waals surface area (Å²) in [6.45, 7) is 0. The number of amidine groups is 1. The molecular weight excluding hydrogens is 397 g/mol. The molecule has 1 aliphatic rings. The fourth-order valence-corrected chi connectivity index (χ4v) is 1.98. The Balaban J connectivity index is 2.51. The van der Waals surface area contributed by atoms with Crippen LogP contribution >= 0.6 is 39.1 Å². The van der Waals surface area contributed by atoms with E-state index in [9.17, 15) is 9.59 Å². The lowest BCUT2D eigenvalue weighted by atomic mass is 10.3. The van der Waals surface area contributed by atoms with Gasteiger partial charge in [-0.1, -0.05) is 23.2 Å². The first kappa shape index (κ1) is 16.8. The van der Waals surface area contributed by atoms with Crippen LogP contribution in [0.4, 0.5) is 10.5 Å². The number of likely N-dealkylation sites (N-methyl/N-ethyl adjacent to an activating group) is 1. The van der Waals surface area contributed by atoms with Crippen molar-refractivity contribution >= 4 is 62.6 Å². The number of ether oxygens (including phenoxy) is 1. The standard InChI is InChI=1S/C13H10BrCl2N3O3/c1-18-12(20)11(17-10(16)9(14)15)19(13(18)21)7-3-5-8(22-2)6-4-7/h3-6H,1-2H3/b10-9-,17-11?. The molecule has 0 atom stereocenters. The number of benzene rings is 1. The molecule has 1 heterocycles. The van der Waals surface area contributed by atoms with Gasteiger partial charge in [-0.2, -0.15) is 0 Å². The van der Waals surface area contributed by atoms with Gasteiger partial charge in [0.1, 0.15) is 9.69 Å². The summed E-state index contributed by atoms with van der Waals surface area (Å²) in [5.74, 6) is -0.0975. The number of hydrogen-bond donors (Lipinski definition) is 0. The summed E-state index contributed by atoms with van der Waals surface area (Å²) < 4.78 is 5.09. The highest BCUT2D eigenvalue weighted by Crippen LogP contribution is 2.27. The lowest BCUT2D eigenvalue weighted by Crippen LogP contribution is -2.31. The van der Waals surface area contributed by atoms with E-state index in [2.05, 4.69) is 20.9 Å². The Morgan fingerprint density at radius 2 is 1.82 bits per heavy atom. The van der Waals surface area contributed by atoms with Crippen molar-refractivity contribution in [1.82, 2.24) is 4.90 Å². The summed E-state index contributed by atoms with van der Waals surface area (Å²) >= 11 is 14.5. The van der Waals surface area contributed by atoms with Crippen LogP contribution in [0.2, 0.25) is 0 Å². The number of carbonyl (C=O) groups is 2. The van der Waals surface area contributed by atoms with Crippen LogP contribution in [0.25, 0.3) is 0 Å². The van der Waals surface area contributed by atoms with Gasteiger partial charge in [0.25, 0.3) is 5.91 Å². The van der Waals surface area contributed by atoms with Crippen LogP contribution in [0.3, 0.4) is 0 Å². The van der Waals surface area contributed by atoms with E-state index in [-0.39, 0.29) is 14.9 Å². The zero-order valence-corrected chi connectivity index (χ0v) is 14.6. The zero-order valence-electron chi connectivity index (χ0n) is 11.5. The Morgan fingerprint density at radius 1 is 1.23 bits per heavy atom. The molecule has 2 rings (SSSR count). The number of carbonyl (C=O) groups excluding carboxylic acids is 2. The SMILES string of the molecule is COc1ccc(N2C(=O)N(C)C(=O)C2=N/C(Cl)=C(\Cl)Br)cc1. The number of aliphatic imine (C=N–C) groups is 1. The number of hydrogen-bond acceptors (Lipinski definition) is 4. The lowest BCUT2D eigenvalue weighted by molar-refractivity contribution is -0.119. The normalized spacial score (nSPS) is 18.1. The highest BCUT2D eigenvalue weighted by atomic mass is 79.9. The van der Waals surface area contributed by atoms with Gasteiger partial charge in [-0.15, -0.1) is 0 Å². The molecule has 0 aromatic heterocycles. The van der Waals surface area contributed by atoms with Crippen LogP contribution in [0.5, 0.6) is 5.75 Å². The van der Waals surface area contributed by atoms with Crippen molar-refractivity contribution in [2.24, 2.45) is 4.99 Å². The molecule has 0 radical (unpaired) electrons. The van der Waals surface area contributed by atoms with Crippen LogP contribution in [-0.2, 0) is 4.79 Å². The third kappa shape index (κ3) is 3.11. The number of amides is 3. The third-order valence-corrected chi connectivity index (χ3v) is 4.03. The molecule has 9 heteroatoms. The molecule has 3 amide bonds. The van der Waals surface area contributed by atoms with Crippen LogP contribution in [0.1, 0.15) is 0 Å². The Labute approximate surface area is 145 Å². The van der Waals surface area contributed by atoms with Gasteiger partial charge in [-0.3, -0.25) is 9.69 Å². The second-order valence-corrected chi connectivity index (χ2v) is 6.15. The van der Waals surface area contributed by atoms with Crippen molar-refractivity contribution in [3.63, 3.8) is 0 Å². The van der Waals surface area contributed by atoms with E-state index in [0.29, 0.717) is 11.4 Å². The average Bonchev–Trinajstić information content (AvgIpc) is 2.72. The van der Waals surface area contributed by atoms with E-state index in [1.807, 2.05) is 0 Å². The molecule has 0 saturated carbocycles. The minimum Gasteiger partial charge on any atom is -0.497 e. The van der Waals surface area contributed by atoms with Gasteiger partial charge in [0.2, 0.25) is 5.84 Å². The highest BCUT2D eigenvalue weighted by Gasteiger charge is 2.41. The van der Waals surface area contributed by atoms with E-state index in [1.54, 1.807) is 24.3 Å². The fourth-order valence-electron chi connectivity index (χ4n) is 1.77. The maximum absolute atomic E-state index is 12.2. The molecular formula is C13H10BrCl2N3O3. The predicted molar refractivity (Wildman–Crippen MR) is 88.7 cm³/mol. The second kappa shape index (κ2) is 6.68. The summed E-state index contributed by atoms with van der Waals surface area (Å²) in [7, 11) is 2.89.